The first kappa shape index (κ1) is 26.9. The van der Waals surface area contributed by atoms with Crippen LogP contribution in [0.5, 0.6) is 0 Å². The minimum atomic E-state index is -0.472. The van der Waals surface area contributed by atoms with Gasteiger partial charge in [-0.15, -0.1) is 11.3 Å². The maximum Gasteiger partial charge on any atom is 0.282 e. The molecule has 11 nitrogen and oxygen atoms in total. The Hall–Kier alpha value is -4.68. The number of pyridine rings is 1. The van der Waals surface area contributed by atoms with Crippen LogP contribution in [-0.4, -0.2) is 45.3 Å². The number of nitrogens with zero attached hydrogens (tertiary/aromatic N) is 5. The lowest BCUT2D eigenvalue weighted by Crippen LogP contribution is -2.27. The third-order valence-electron chi connectivity index (χ3n) is 6.08. The third-order valence-corrected chi connectivity index (χ3v) is 7.32. The second-order valence-corrected chi connectivity index (χ2v) is 10.8. The predicted octanol–water partition coefficient (Wildman–Crippen LogP) is 4.25. The van der Waals surface area contributed by atoms with Gasteiger partial charge in [0.05, 0.1) is 34.2 Å². The van der Waals surface area contributed by atoms with Crippen molar-refractivity contribution >= 4 is 51.8 Å². The quantitative estimate of drug-likeness (QED) is 0.194. The number of Topliss-reactive ketones (excluding diaryl/α,β-unsaturated/α-hetero) is 1. The van der Waals surface area contributed by atoms with Crippen molar-refractivity contribution in [2.75, 3.05) is 30.0 Å². The number of thiophene rings is 1. The van der Waals surface area contributed by atoms with Crippen LogP contribution in [0.2, 0.25) is 4.34 Å². The molecular formula is C27H24ClN7O4S. The van der Waals surface area contributed by atoms with Gasteiger partial charge in [-0.25, -0.2) is 0 Å². The van der Waals surface area contributed by atoms with Crippen LogP contribution in [0.1, 0.15) is 25.7 Å². The van der Waals surface area contributed by atoms with Crippen LogP contribution in [0.4, 0.5) is 17.2 Å². The van der Waals surface area contributed by atoms with E-state index in [1.54, 1.807) is 61.5 Å². The first-order valence-electron chi connectivity index (χ1n) is 12.0. The van der Waals surface area contributed by atoms with E-state index in [2.05, 4.69) is 15.6 Å². The number of nitrogen functional groups attached to an aromatic ring is 1. The van der Waals surface area contributed by atoms with Crippen molar-refractivity contribution in [3.63, 3.8) is 0 Å². The van der Waals surface area contributed by atoms with Crippen LogP contribution in [0, 0.1) is 0 Å². The van der Waals surface area contributed by atoms with E-state index in [4.69, 9.17) is 21.9 Å². The van der Waals surface area contributed by atoms with Crippen LogP contribution in [0.3, 0.4) is 0 Å². The van der Waals surface area contributed by atoms with Crippen LogP contribution in [-0.2, 0) is 13.1 Å². The molecule has 1 aromatic carbocycles. The van der Waals surface area contributed by atoms with Gasteiger partial charge < -0.3 is 25.0 Å². The van der Waals surface area contributed by atoms with E-state index in [0.29, 0.717) is 28.1 Å². The second kappa shape index (κ2) is 11.2. The summed E-state index contributed by atoms with van der Waals surface area (Å²) in [4.78, 5) is 42.7. The Balaban J connectivity index is 1.60. The van der Waals surface area contributed by atoms with Gasteiger partial charge in [-0.05, 0) is 30.3 Å². The van der Waals surface area contributed by atoms with Crippen LogP contribution >= 0.6 is 22.9 Å². The number of rotatable bonds is 9. The number of nitrogens with two attached hydrogens (primary N) is 1. The second-order valence-electron chi connectivity index (χ2n) is 8.99. The number of aromatic nitrogens is 4. The first-order valence-corrected chi connectivity index (χ1v) is 13.2. The highest BCUT2D eigenvalue weighted by Gasteiger charge is 2.24. The molecule has 5 rings (SSSR count). The molecule has 0 amide bonds. The number of anilines is 3. The summed E-state index contributed by atoms with van der Waals surface area (Å²) in [5, 5.41) is 11.5. The van der Waals surface area contributed by atoms with E-state index >= 15 is 0 Å². The molecule has 0 aliphatic carbocycles. The van der Waals surface area contributed by atoms with E-state index in [1.807, 2.05) is 6.07 Å². The molecule has 0 saturated carbocycles. The largest absolute Gasteiger partial charge is 0.398 e. The number of hydrogen-bond acceptors (Lipinski definition) is 10. The Kier molecular flexibility index (Phi) is 7.54. The molecule has 0 saturated heterocycles. The number of benzene rings is 1. The van der Waals surface area contributed by atoms with Gasteiger partial charge in [-0.2, -0.15) is 9.78 Å². The average Bonchev–Trinajstić information content (AvgIpc) is 3.70. The first-order chi connectivity index (χ1) is 19.2. The molecule has 13 heteroatoms. The van der Waals surface area contributed by atoms with Crippen LogP contribution < -0.4 is 21.5 Å². The maximum atomic E-state index is 13.7. The fourth-order valence-electron chi connectivity index (χ4n) is 4.11. The summed E-state index contributed by atoms with van der Waals surface area (Å²) >= 11 is 7.49. The highest BCUT2D eigenvalue weighted by atomic mass is 35.5. The monoisotopic (exact) mass is 577 g/mol. The fraction of sp³-hybridized carbons (Fsp3) is 0.148. The summed E-state index contributed by atoms with van der Waals surface area (Å²) in [6, 6.07) is 15.1. The lowest BCUT2D eigenvalue weighted by Gasteiger charge is -2.17. The zero-order chi connectivity index (χ0) is 28.4. The number of hydrogen-bond donors (Lipinski definition) is 2. The van der Waals surface area contributed by atoms with Crippen molar-refractivity contribution in [3.8, 4) is 11.3 Å². The number of nitrogens with one attached hydrogen (secondary N) is 1. The van der Waals surface area contributed by atoms with Gasteiger partial charge in [0.15, 0.2) is 5.69 Å². The van der Waals surface area contributed by atoms with E-state index in [0.717, 1.165) is 4.88 Å². The van der Waals surface area contributed by atoms with E-state index in [9.17, 15) is 14.4 Å². The van der Waals surface area contributed by atoms with Crippen molar-refractivity contribution in [1.82, 2.24) is 19.5 Å². The Bertz CT molecular complexity index is 1750. The number of ketones is 1. The van der Waals surface area contributed by atoms with E-state index in [1.165, 1.54) is 39.1 Å². The lowest BCUT2D eigenvalue weighted by atomic mass is 10.1. The lowest BCUT2D eigenvalue weighted by molar-refractivity contribution is 0.0945. The smallest absolute Gasteiger partial charge is 0.282 e. The van der Waals surface area contributed by atoms with Gasteiger partial charge >= 0.3 is 0 Å². The molecule has 0 spiro atoms. The molecule has 40 heavy (non-hydrogen) atoms. The van der Waals surface area contributed by atoms with Crippen molar-refractivity contribution in [3.05, 3.63) is 97.9 Å². The van der Waals surface area contributed by atoms with Crippen LogP contribution in [0.25, 0.3) is 11.3 Å². The highest BCUT2D eigenvalue weighted by Crippen LogP contribution is 2.30. The van der Waals surface area contributed by atoms with Gasteiger partial charge in [0, 0.05) is 43.0 Å². The Morgan fingerprint density at radius 2 is 1.95 bits per heavy atom. The van der Waals surface area contributed by atoms with Crippen molar-refractivity contribution < 1.29 is 14.1 Å². The molecule has 0 atom stereocenters. The van der Waals surface area contributed by atoms with Crippen molar-refractivity contribution in [1.29, 1.82) is 0 Å². The zero-order valence-electron chi connectivity index (χ0n) is 21.5. The standard InChI is InChI=1S/C27H24ClN7O4S/c1-33(2)21-9-11-34(15-22(36)19-10-12-39-32-19)27(38)25(21)20-13-24(30-14-16-7-8-23(28)40-16)35(31-20)26(37)17-5-3-4-6-18(17)29/h3-13,30H,14-15,29H2,1-2H3. The molecule has 5 aromatic rings. The van der Waals surface area contributed by atoms with Gasteiger partial charge in [0.1, 0.15) is 17.8 Å². The summed E-state index contributed by atoms with van der Waals surface area (Å²) in [6.07, 6.45) is 2.82. The van der Waals surface area contributed by atoms with Gasteiger partial charge in [0.2, 0.25) is 5.78 Å². The molecule has 3 N–H and O–H groups in total. The molecule has 0 radical (unpaired) electrons. The Morgan fingerprint density at radius 3 is 2.62 bits per heavy atom. The molecule has 0 unspecified atom stereocenters. The predicted molar refractivity (Wildman–Crippen MR) is 154 cm³/mol. The van der Waals surface area contributed by atoms with E-state index < -0.39 is 17.2 Å². The summed E-state index contributed by atoms with van der Waals surface area (Å²) in [5.74, 6) is -0.512. The minimum Gasteiger partial charge on any atom is -0.398 e. The van der Waals surface area contributed by atoms with Gasteiger partial charge in [-0.1, -0.05) is 28.9 Å². The van der Waals surface area contributed by atoms with Crippen molar-refractivity contribution in [2.45, 2.75) is 13.1 Å². The van der Waals surface area contributed by atoms with Crippen molar-refractivity contribution in [2.24, 2.45) is 0 Å². The molecule has 0 bridgehead atoms. The molecule has 0 fully saturated rings. The number of para-hydroxylation sites is 1. The topological polar surface area (TPSA) is 141 Å². The highest BCUT2D eigenvalue weighted by molar-refractivity contribution is 7.16. The zero-order valence-corrected chi connectivity index (χ0v) is 23.1. The average molecular weight is 578 g/mol. The summed E-state index contributed by atoms with van der Waals surface area (Å²) in [7, 11) is 3.57. The number of carbonyl (C=O) groups is 2. The van der Waals surface area contributed by atoms with Gasteiger partial charge in [0.25, 0.3) is 11.5 Å². The summed E-state index contributed by atoms with van der Waals surface area (Å²) in [6.45, 7) is 0.113. The molecule has 4 aromatic heterocycles. The fourth-order valence-corrected chi connectivity index (χ4v) is 5.14. The Morgan fingerprint density at radius 1 is 1.15 bits per heavy atom. The van der Waals surface area contributed by atoms with E-state index in [-0.39, 0.29) is 29.1 Å². The summed E-state index contributed by atoms with van der Waals surface area (Å²) < 4.78 is 7.85. The normalized spacial score (nSPS) is 11.0. The molecule has 204 valence electrons. The number of carbonyl (C=O) groups excluding carboxylic acids is 2. The van der Waals surface area contributed by atoms with Crippen LogP contribution in [0.15, 0.2) is 76.4 Å². The molecule has 0 aliphatic rings. The summed E-state index contributed by atoms with van der Waals surface area (Å²) in [5.41, 5.74) is 7.31. The SMILES string of the molecule is CN(C)c1ccn(CC(=O)c2ccon2)c(=O)c1-c1cc(NCc2ccc(Cl)s2)n(C(=O)c2ccccc2N)n1. The minimum absolute atomic E-state index is 0.112. The number of halogens is 1. The molecule has 4 heterocycles. The Labute approximate surface area is 237 Å². The van der Waals surface area contributed by atoms with Gasteiger partial charge in [-0.3, -0.25) is 14.4 Å². The third kappa shape index (κ3) is 5.40. The maximum absolute atomic E-state index is 13.7. The molecule has 0 aliphatic heterocycles. The molecular weight excluding hydrogens is 554 g/mol.